The summed E-state index contributed by atoms with van der Waals surface area (Å²) in [6.45, 7) is 2.17. The molecule has 2 heterocycles. The van der Waals surface area contributed by atoms with Gasteiger partial charge in [0.15, 0.2) is 5.82 Å². The molecule has 1 amide bonds. The Morgan fingerprint density at radius 2 is 1.97 bits per heavy atom. The van der Waals surface area contributed by atoms with E-state index in [1.54, 1.807) is 53.2 Å². The van der Waals surface area contributed by atoms with Gasteiger partial charge in [-0.05, 0) is 48.7 Å². The zero-order valence-corrected chi connectivity index (χ0v) is 17.0. The van der Waals surface area contributed by atoms with E-state index in [0.717, 1.165) is 24.1 Å². The molecule has 1 aromatic heterocycles. The van der Waals surface area contributed by atoms with Crippen LogP contribution >= 0.6 is 0 Å². The molecule has 1 N–H and O–H groups in total. The third kappa shape index (κ3) is 3.61. The smallest absolute Gasteiger partial charge is 0.261 e. The van der Waals surface area contributed by atoms with Gasteiger partial charge < -0.3 is 9.47 Å². The summed E-state index contributed by atoms with van der Waals surface area (Å²) in [6, 6.07) is 12.0. The van der Waals surface area contributed by atoms with Gasteiger partial charge in [-0.1, -0.05) is 12.1 Å². The minimum absolute atomic E-state index is 0.0442. The molecule has 1 aliphatic heterocycles. The Hall–Kier alpha value is -3.20. The number of carbonyl (C=O) groups excluding carboxylic acids is 1. The highest BCUT2D eigenvalue weighted by molar-refractivity contribution is 7.92. The van der Waals surface area contributed by atoms with E-state index in [2.05, 4.69) is 14.9 Å². The minimum Gasteiger partial charge on any atom is -0.317 e. The quantitative estimate of drug-likeness (QED) is 0.712. The number of benzene rings is 2. The van der Waals surface area contributed by atoms with E-state index in [4.69, 9.17) is 0 Å². The third-order valence-corrected chi connectivity index (χ3v) is 6.35. The number of nitrogens with zero attached hydrogens (tertiary/aromatic N) is 4. The Kier molecular flexibility index (Phi) is 4.83. The summed E-state index contributed by atoms with van der Waals surface area (Å²) in [6.07, 6.45) is 3.10. The normalized spacial score (nSPS) is 13.8. The van der Waals surface area contributed by atoms with Crippen molar-refractivity contribution in [2.75, 3.05) is 16.2 Å². The highest BCUT2D eigenvalue weighted by atomic mass is 32.2. The van der Waals surface area contributed by atoms with E-state index in [9.17, 15) is 13.2 Å². The largest absolute Gasteiger partial charge is 0.317 e. The van der Waals surface area contributed by atoms with Crippen LogP contribution in [0.2, 0.25) is 0 Å². The van der Waals surface area contributed by atoms with Gasteiger partial charge in [0.2, 0.25) is 5.91 Å². The molecule has 4 rings (SSSR count). The maximum Gasteiger partial charge on any atom is 0.261 e. The van der Waals surface area contributed by atoms with Crippen molar-refractivity contribution in [3.05, 3.63) is 54.4 Å². The summed E-state index contributed by atoms with van der Waals surface area (Å²) in [4.78, 5) is 13.7. The molecule has 9 heteroatoms. The number of amides is 1. The van der Waals surface area contributed by atoms with Crippen LogP contribution in [0.15, 0.2) is 53.7 Å². The van der Waals surface area contributed by atoms with E-state index in [0.29, 0.717) is 23.6 Å². The number of sulfonamides is 1. The summed E-state index contributed by atoms with van der Waals surface area (Å²) in [5.41, 5.74) is 2.70. The molecule has 0 aliphatic carbocycles. The second-order valence-corrected chi connectivity index (χ2v) is 8.66. The first-order valence-electron chi connectivity index (χ1n) is 9.24. The van der Waals surface area contributed by atoms with E-state index < -0.39 is 10.0 Å². The molecule has 0 fully saturated rings. The topological polar surface area (TPSA) is 97.2 Å². The molecule has 29 heavy (non-hydrogen) atoms. The number of aromatic nitrogens is 3. The number of carbonyl (C=O) groups is 1. The standard InChI is InChI=1S/C20H21N5O3S/c1-14(26)25-11-5-6-15-12-16(9-10-19(15)25)29(27,28)23-18-8-4-3-7-17(18)20-22-21-13-24(20)2/h3-4,7-10,12-13,23H,5-6,11H2,1-2H3. The Morgan fingerprint density at radius 3 is 2.69 bits per heavy atom. The summed E-state index contributed by atoms with van der Waals surface area (Å²) >= 11 is 0. The molecule has 3 aromatic rings. The second kappa shape index (κ2) is 7.32. The molecule has 0 saturated heterocycles. The lowest BCUT2D eigenvalue weighted by Gasteiger charge is -2.28. The number of fused-ring (bicyclic) bond motifs is 1. The average Bonchev–Trinajstić information content (AvgIpc) is 3.12. The van der Waals surface area contributed by atoms with Crippen molar-refractivity contribution in [1.29, 1.82) is 0 Å². The molecule has 0 unspecified atom stereocenters. The van der Waals surface area contributed by atoms with Crippen LogP contribution in [0.1, 0.15) is 18.9 Å². The SMILES string of the molecule is CC(=O)N1CCCc2cc(S(=O)(=O)Nc3ccccc3-c3nncn3C)ccc21. The van der Waals surface area contributed by atoms with Crippen molar-refractivity contribution in [1.82, 2.24) is 14.8 Å². The van der Waals surface area contributed by atoms with Crippen LogP contribution in [0.3, 0.4) is 0 Å². The molecule has 1 aliphatic rings. The van der Waals surface area contributed by atoms with Crippen LogP contribution in [0.25, 0.3) is 11.4 Å². The van der Waals surface area contributed by atoms with Gasteiger partial charge in [0, 0.05) is 31.8 Å². The summed E-state index contributed by atoms with van der Waals surface area (Å²) in [5.74, 6) is 0.517. The Morgan fingerprint density at radius 1 is 1.17 bits per heavy atom. The number of rotatable bonds is 4. The molecule has 0 radical (unpaired) electrons. The fraction of sp³-hybridized carbons (Fsp3) is 0.250. The first kappa shape index (κ1) is 19.1. The molecular formula is C20H21N5O3S. The third-order valence-electron chi connectivity index (χ3n) is 4.98. The monoisotopic (exact) mass is 411 g/mol. The van der Waals surface area contributed by atoms with E-state index in [-0.39, 0.29) is 10.8 Å². The van der Waals surface area contributed by atoms with E-state index in [1.165, 1.54) is 13.0 Å². The summed E-state index contributed by atoms with van der Waals surface area (Å²) in [5, 5.41) is 7.94. The number of anilines is 2. The van der Waals surface area contributed by atoms with Crippen molar-refractivity contribution >= 4 is 27.3 Å². The molecule has 150 valence electrons. The predicted molar refractivity (Wildman–Crippen MR) is 110 cm³/mol. The van der Waals surface area contributed by atoms with Crippen molar-refractivity contribution in [2.45, 2.75) is 24.7 Å². The van der Waals surface area contributed by atoms with Crippen LogP contribution in [-0.2, 0) is 28.3 Å². The van der Waals surface area contributed by atoms with Crippen LogP contribution in [-0.4, -0.2) is 35.6 Å². The van der Waals surface area contributed by atoms with Gasteiger partial charge in [0.05, 0.1) is 10.6 Å². The lowest BCUT2D eigenvalue weighted by molar-refractivity contribution is -0.116. The van der Waals surface area contributed by atoms with Crippen LogP contribution in [0.4, 0.5) is 11.4 Å². The fourth-order valence-corrected chi connectivity index (χ4v) is 4.70. The van der Waals surface area contributed by atoms with Crippen LogP contribution in [0, 0.1) is 0 Å². The van der Waals surface area contributed by atoms with Gasteiger partial charge in [0.1, 0.15) is 6.33 Å². The number of hydrogen-bond acceptors (Lipinski definition) is 5. The molecule has 8 nitrogen and oxygen atoms in total. The molecule has 2 aromatic carbocycles. The van der Waals surface area contributed by atoms with Gasteiger partial charge in [-0.2, -0.15) is 0 Å². The Balaban J connectivity index is 1.69. The Bertz CT molecular complexity index is 1190. The lowest BCUT2D eigenvalue weighted by Crippen LogP contribution is -2.33. The summed E-state index contributed by atoms with van der Waals surface area (Å²) in [7, 11) is -2.03. The van der Waals surface area contributed by atoms with Gasteiger partial charge in [-0.15, -0.1) is 10.2 Å². The maximum atomic E-state index is 13.1. The van der Waals surface area contributed by atoms with Crippen LogP contribution in [0.5, 0.6) is 0 Å². The van der Waals surface area contributed by atoms with Crippen LogP contribution < -0.4 is 9.62 Å². The van der Waals surface area contributed by atoms with Crippen molar-refractivity contribution in [2.24, 2.45) is 7.05 Å². The van der Waals surface area contributed by atoms with Crippen molar-refractivity contribution in [3.63, 3.8) is 0 Å². The molecular weight excluding hydrogens is 390 g/mol. The number of hydrogen-bond donors (Lipinski definition) is 1. The van der Waals surface area contributed by atoms with Crippen molar-refractivity contribution < 1.29 is 13.2 Å². The van der Waals surface area contributed by atoms with Crippen molar-refractivity contribution in [3.8, 4) is 11.4 Å². The number of para-hydroxylation sites is 1. The number of aryl methyl sites for hydroxylation is 2. The van der Waals surface area contributed by atoms with E-state index >= 15 is 0 Å². The fourth-order valence-electron chi connectivity index (χ4n) is 3.57. The highest BCUT2D eigenvalue weighted by Crippen LogP contribution is 2.32. The molecule has 0 bridgehead atoms. The van der Waals surface area contributed by atoms with Gasteiger partial charge in [0.25, 0.3) is 10.0 Å². The van der Waals surface area contributed by atoms with Gasteiger partial charge >= 0.3 is 0 Å². The molecule has 0 spiro atoms. The minimum atomic E-state index is -3.82. The maximum absolute atomic E-state index is 13.1. The molecule has 0 atom stereocenters. The highest BCUT2D eigenvalue weighted by Gasteiger charge is 2.24. The lowest BCUT2D eigenvalue weighted by atomic mass is 10.0. The number of nitrogens with one attached hydrogen (secondary N) is 1. The van der Waals surface area contributed by atoms with Gasteiger partial charge in [-0.25, -0.2) is 8.42 Å². The molecule has 0 saturated carbocycles. The second-order valence-electron chi connectivity index (χ2n) is 6.98. The zero-order valence-electron chi connectivity index (χ0n) is 16.2. The van der Waals surface area contributed by atoms with Gasteiger partial charge in [-0.3, -0.25) is 9.52 Å². The zero-order chi connectivity index (χ0) is 20.6. The Labute approximate surface area is 169 Å². The average molecular weight is 411 g/mol. The van der Waals surface area contributed by atoms with E-state index in [1.807, 2.05) is 6.07 Å². The first-order chi connectivity index (χ1) is 13.9. The summed E-state index contributed by atoms with van der Waals surface area (Å²) < 4.78 is 30.5. The predicted octanol–water partition coefficient (Wildman–Crippen LogP) is 2.58. The first-order valence-corrected chi connectivity index (χ1v) is 10.7.